The molecule has 0 amide bonds. The third kappa shape index (κ3) is 4.49. The van der Waals surface area contributed by atoms with Crippen LogP contribution in [0.25, 0.3) is 11.2 Å². The van der Waals surface area contributed by atoms with E-state index in [1.54, 1.807) is 11.5 Å². The molecule has 4 heterocycles. The van der Waals surface area contributed by atoms with E-state index in [1.165, 1.54) is 6.33 Å². The number of imidazole rings is 1. The van der Waals surface area contributed by atoms with Gasteiger partial charge in [0.1, 0.15) is 12.2 Å². The molecular weight excluding hydrogens is 510 g/mol. The molecule has 0 aliphatic carbocycles. The van der Waals surface area contributed by atoms with Crippen LogP contribution < -0.4 is 16.0 Å². The summed E-state index contributed by atoms with van der Waals surface area (Å²) in [6.07, 6.45) is -2.30. The Morgan fingerprint density at radius 3 is 2.25 bits per heavy atom. The molecule has 1 unspecified atom stereocenters. The lowest BCUT2D eigenvalue weighted by atomic mass is 9.91. The molecule has 0 saturated carbocycles. The molecule has 0 bridgehead atoms. The maximum Gasteiger partial charge on any atom is 0.230 e. The number of nitrogens with one attached hydrogen (secondary N) is 1. The van der Waals surface area contributed by atoms with Gasteiger partial charge in [0.2, 0.25) is 5.95 Å². The molecule has 2 aromatic carbocycles. The van der Waals surface area contributed by atoms with E-state index in [1.807, 2.05) is 41.3 Å². The first-order valence-corrected chi connectivity index (χ1v) is 13.6. The van der Waals surface area contributed by atoms with Crippen molar-refractivity contribution in [3.05, 3.63) is 78.1 Å². The lowest BCUT2D eigenvalue weighted by Crippen LogP contribution is -2.43. The highest BCUT2D eigenvalue weighted by Crippen LogP contribution is 2.38. The molecule has 4 aromatic rings. The molecule has 2 saturated heterocycles. The summed E-state index contributed by atoms with van der Waals surface area (Å²) in [6.45, 7) is 4.91. The van der Waals surface area contributed by atoms with Gasteiger partial charge in [0, 0.05) is 19.0 Å². The first-order valence-electron chi connectivity index (χ1n) is 13.6. The zero-order chi connectivity index (χ0) is 28.0. The van der Waals surface area contributed by atoms with Gasteiger partial charge < -0.3 is 36.0 Å². The molecule has 11 heteroatoms. The lowest BCUT2D eigenvalue weighted by Gasteiger charge is -2.29. The number of benzene rings is 2. The Morgan fingerprint density at radius 1 is 1.05 bits per heavy atom. The second kappa shape index (κ2) is 10.4. The van der Waals surface area contributed by atoms with Crippen molar-refractivity contribution in [3.8, 4) is 0 Å². The van der Waals surface area contributed by atoms with Gasteiger partial charge in [0.15, 0.2) is 29.0 Å². The molecule has 6 atom stereocenters. The monoisotopic (exact) mass is 545 g/mol. The number of aromatic nitrogens is 4. The predicted molar refractivity (Wildman–Crippen MR) is 150 cm³/mol. The zero-order valence-corrected chi connectivity index (χ0v) is 22.5. The topological polar surface area (TPSA) is 155 Å². The Hall–Kier alpha value is -3.61. The first kappa shape index (κ1) is 26.6. The van der Waals surface area contributed by atoms with E-state index in [4.69, 9.17) is 20.4 Å². The van der Waals surface area contributed by atoms with Gasteiger partial charge in [-0.3, -0.25) is 4.57 Å². The number of rotatable bonds is 7. The lowest BCUT2D eigenvalue weighted by molar-refractivity contribution is -0.186. The molecule has 2 aromatic heterocycles. The SMILES string of the molecule is CC1CCN(c2nc(NCC(c3ccccc3)c3ccccc3)c3ncn([C@]4(C)O[C@@H](O)[C@@H](O)[C@H]4O)c3n2)[C@H]1N. The molecule has 40 heavy (non-hydrogen) atoms. The highest BCUT2D eigenvalue weighted by atomic mass is 16.7. The quantitative estimate of drug-likeness (QED) is 0.233. The summed E-state index contributed by atoms with van der Waals surface area (Å²) in [5.41, 5.74) is 8.18. The number of hydrogen-bond donors (Lipinski definition) is 5. The van der Waals surface area contributed by atoms with Crippen LogP contribution in [0.15, 0.2) is 67.0 Å². The number of nitrogens with two attached hydrogens (primary N) is 1. The van der Waals surface area contributed by atoms with Gasteiger partial charge in [-0.25, -0.2) is 4.98 Å². The highest BCUT2D eigenvalue weighted by molar-refractivity contribution is 5.84. The van der Waals surface area contributed by atoms with Crippen molar-refractivity contribution in [1.29, 1.82) is 0 Å². The Kier molecular flexibility index (Phi) is 6.93. The predicted octanol–water partition coefficient (Wildman–Crippen LogP) is 1.94. The summed E-state index contributed by atoms with van der Waals surface area (Å²) in [5, 5.41) is 34.7. The maximum absolute atomic E-state index is 10.8. The van der Waals surface area contributed by atoms with Gasteiger partial charge in [-0.2, -0.15) is 9.97 Å². The second-order valence-corrected chi connectivity index (χ2v) is 10.9. The van der Waals surface area contributed by atoms with Crippen LogP contribution in [-0.4, -0.2) is 72.6 Å². The van der Waals surface area contributed by atoms with Gasteiger partial charge in [0.05, 0.1) is 12.5 Å². The number of ether oxygens (including phenoxy) is 1. The molecule has 210 valence electrons. The van der Waals surface area contributed by atoms with Crippen molar-refractivity contribution in [3.63, 3.8) is 0 Å². The summed E-state index contributed by atoms with van der Waals surface area (Å²) >= 11 is 0. The van der Waals surface area contributed by atoms with Gasteiger partial charge in [-0.15, -0.1) is 0 Å². The summed E-state index contributed by atoms with van der Waals surface area (Å²) in [6, 6.07) is 20.5. The number of fused-ring (bicyclic) bond motifs is 1. The molecule has 11 nitrogen and oxygen atoms in total. The number of nitrogens with zero attached hydrogens (tertiary/aromatic N) is 5. The Bertz CT molecular complexity index is 1430. The molecule has 0 radical (unpaired) electrons. The van der Waals surface area contributed by atoms with E-state index in [0.717, 1.165) is 17.5 Å². The van der Waals surface area contributed by atoms with Crippen LogP contribution in [0.3, 0.4) is 0 Å². The molecular formula is C29H35N7O4. The van der Waals surface area contributed by atoms with Crippen LogP contribution in [0.2, 0.25) is 0 Å². The number of hydrogen-bond acceptors (Lipinski definition) is 10. The Morgan fingerprint density at radius 2 is 1.70 bits per heavy atom. The van der Waals surface area contributed by atoms with Crippen molar-refractivity contribution in [2.45, 2.75) is 56.6 Å². The Labute approximate surface area is 232 Å². The fraction of sp³-hybridized carbons (Fsp3) is 0.414. The van der Waals surface area contributed by atoms with Gasteiger partial charge >= 0.3 is 0 Å². The summed E-state index contributed by atoms with van der Waals surface area (Å²) in [4.78, 5) is 16.3. The van der Waals surface area contributed by atoms with Gasteiger partial charge in [0.25, 0.3) is 0 Å². The van der Waals surface area contributed by atoms with Crippen molar-refractivity contribution in [2.75, 3.05) is 23.3 Å². The smallest absolute Gasteiger partial charge is 0.230 e. The van der Waals surface area contributed by atoms with Crippen molar-refractivity contribution < 1.29 is 20.1 Å². The molecule has 6 rings (SSSR count). The van der Waals surface area contributed by atoms with E-state index >= 15 is 0 Å². The normalized spacial score (nSPS) is 28.6. The molecule has 6 N–H and O–H groups in total. The van der Waals surface area contributed by atoms with E-state index in [0.29, 0.717) is 36.0 Å². The van der Waals surface area contributed by atoms with Crippen molar-refractivity contribution >= 4 is 22.9 Å². The minimum Gasteiger partial charge on any atom is -0.385 e. The summed E-state index contributed by atoms with van der Waals surface area (Å²) < 4.78 is 7.18. The fourth-order valence-corrected chi connectivity index (χ4v) is 5.72. The average Bonchev–Trinajstić information content (AvgIpc) is 3.61. The standard InChI is InChI=1S/C29H35N7O4/c1-17-13-14-35(24(17)30)28-33-25(31-15-20(18-9-5-3-6-10-18)19-11-7-4-8-12-19)21-26(34-28)36(16-32-21)29(2)23(38)22(37)27(39)40-29/h3-12,16-17,20,22-24,27,37-39H,13-15,30H2,1-2H3,(H,31,33,34)/t17?,22-,23+,24+,27+,29+/m0/s1. The van der Waals surface area contributed by atoms with E-state index in [9.17, 15) is 15.3 Å². The fourth-order valence-electron chi connectivity index (χ4n) is 5.72. The minimum atomic E-state index is -1.55. The number of anilines is 2. The van der Waals surface area contributed by atoms with Crippen LogP contribution in [0, 0.1) is 5.92 Å². The third-order valence-electron chi connectivity index (χ3n) is 8.29. The average molecular weight is 546 g/mol. The van der Waals surface area contributed by atoms with Gasteiger partial charge in [-0.05, 0) is 30.4 Å². The van der Waals surface area contributed by atoms with Gasteiger partial charge in [-0.1, -0.05) is 67.6 Å². The van der Waals surface area contributed by atoms with Crippen LogP contribution in [0.1, 0.15) is 37.3 Å². The zero-order valence-electron chi connectivity index (χ0n) is 22.5. The van der Waals surface area contributed by atoms with E-state index in [2.05, 4.69) is 41.5 Å². The van der Waals surface area contributed by atoms with Crippen LogP contribution in [0.5, 0.6) is 0 Å². The molecule has 2 aliphatic rings. The highest BCUT2D eigenvalue weighted by Gasteiger charge is 2.53. The van der Waals surface area contributed by atoms with Crippen LogP contribution >= 0.6 is 0 Å². The minimum absolute atomic E-state index is 0.0369. The second-order valence-electron chi connectivity index (χ2n) is 10.9. The molecule has 2 aliphatic heterocycles. The first-order chi connectivity index (χ1) is 19.3. The van der Waals surface area contributed by atoms with E-state index < -0.39 is 24.2 Å². The van der Waals surface area contributed by atoms with Crippen LogP contribution in [0.4, 0.5) is 11.8 Å². The summed E-state index contributed by atoms with van der Waals surface area (Å²) in [5.74, 6) is 1.25. The molecule has 2 fully saturated rings. The number of aliphatic hydroxyl groups excluding tert-OH is 3. The van der Waals surface area contributed by atoms with E-state index in [-0.39, 0.29) is 18.0 Å². The third-order valence-corrected chi connectivity index (χ3v) is 8.29. The summed E-state index contributed by atoms with van der Waals surface area (Å²) in [7, 11) is 0. The Balaban J connectivity index is 1.43. The van der Waals surface area contributed by atoms with Crippen LogP contribution in [-0.2, 0) is 10.5 Å². The number of aliphatic hydroxyl groups is 3. The van der Waals surface area contributed by atoms with Crippen molar-refractivity contribution in [2.24, 2.45) is 11.7 Å². The maximum atomic E-state index is 10.8. The largest absolute Gasteiger partial charge is 0.385 e. The van der Waals surface area contributed by atoms with Crippen molar-refractivity contribution in [1.82, 2.24) is 19.5 Å². The molecule has 0 spiro atoms.